The summed E-state index contributed by atoms with van der Waals surface area (Å²) in [5, 5.41) is 3.16. The highest BCUT2D eigenvalue weighted by molar-refractivity contribution is 7.92. The number of hydrogen-bond donors (Lipinski definition) is 1. The quantitative estimate of drug-likeness (QED) is 0.823. The molecule has 2 fully saturated rings. The summed E-state index contributed by atoms with van der Waals surface area (Å²) < 4.78 is 29.8. The molecule has 2 aliphatic rings. The third-order valence-electron chi connectivity index (χ3n) is 4.48. The van der Waals surface area contributed by atoms with Crippen molar-refractivity contribution >= 4 is 9.84 Å². The van der Waals surface area contributed by atoms with Crippen molar-refractivity contribution in [3.05, 3.63) is 0 Å². The zero-order chi connectivity index (χ0) is 13.0. The predicted octanol–water partition coefficient (Wildman–Crippen LogP) is 1.36. The zero-order valence-corrected chi connectivity index (χ0v) is 12.0. The Morgan fingerprint density at radius 2 is 1.89 bits per heavy atom. The normalized spacial score (nSPS) is 30.7. The number of rotatable bonds is 5. The van der Waals surface area contributed by atoms with E-state index < -0.39 is 9.84 Å². The van der Waals surface area contributed by atoms with E-state index in [4.69, 9.17) is 4.74 Å². The molecule has 1 heterocycles. The molecule has 1 saturated heterocycles. The number of hydrogen-bond acceptors (Lipinski definition) is 4. The van der Waals surface area contributed by atoms with E-state index in [9.17, 15) is 8.42 Å². The Kier molecular flexibility index (Phi) is 5.04. The SMILES string of the molecule is CNC1CCCC1CCS(=O)(=O)C1CCOCC1. The fraction of sp³-hybridized carbons (Fsp3) is 1.00. The maximum Gasteiger partial charge on any atom is 0.153 e. The second kappa shape index (κ2) is 6.35. The highest BCUT2D eigenvalue weighted by Crippen LogP contribution is 2.29. The van der Waals surface area contributed by atoms with Gasteiger partial charge in [0.2, 0.25) is 0 Å². The van der Waals surface area contributed by atoms with Crippen molar-refractivity contribution in [1.29, 1.82) is 0 Å². The summed E-state index contributed by atoms with van der Waals surface area (Å²) in [4.78, 5) is 0. The van der Waals surface area contributed by atoms with Crippen LogP contribution in [0.25, 0.3) is 0 Å². The van der Waals surface area contributed by atoms with Crippen LogP contribution in [0.3, 0.4) is 0 Å². The van der Waals surface area contributed by atoms with Crippen molar-refractivity contribution in [2.24, 2.45) is 5.92 Å². The van der Waals surface area contributed by atoms with Crippen LogP contribution >= 0.6 is 0 Å². The van der Waals surface area contributed by atoms with Gasteiger partial charge in [-0.2, -0.15) is 0 Å². The maximum absolute atomic E-state index is 12.3. The van der Waals surface area contributed by atoms with Gasteiger partial charge in [-0.25, -0.2) is 8.42 Å². The van der Waals surface area contributed by atoms with Gasteiger partial charge in [-0.1, -0.05) is 6.42 Å². The molecule has 2 rings (SSSR count). The molecule has 1 N–H and O–H groups in total. The van der Waals surface area contributed by atoms with Crippen molar-refractivity contribution in [2.75, 3.05) is 26.0 Å². The molecule has 1 saturated carbocycles. The molecular weight excluding hydrogens is 250 g/mol. The van der Waals surface area contributed by atoms with Crippen LogP contribution in [-0.2, 0) is 14.6 Å². The second-order valence-corrected chi connectivity index (χ2v) is 7.95. The summed E-state index contributed by atoms with van der Waals surface area (Å²) in [5.41, 5.74) is 0. The van der Waals surface area contributed by atoms with Crippen LogP contribution in [0.15, 0.2) is 0 Å². The van der Waals surface area contributed by atoms with Crippen LogP contribution in [0.1, 0.15) is 38.5 Å². The molecule has 0 aromatic heterocycles. The minimum Gasteiger partial charge on any atom is -0.381 e. The van der Waals surface area contributed by atoms with E-state index in [1.165, 1.54) is 19.3 Å². The first-order valence-electron chi connectivity index (χ1n) is 7.10. The Balaban J connectivity index is 1.84. The van der Waals surface area contributed by atoms with Crippen LogP contribution in [0.5, 0.6) is 0 Å². The monoisotopic (exact) mass is 275 g/mol. The molecule has 18 heavy (non-hydrogen) atoms. The molecule has 0 spiro atoms. The lowest BCUT2D eigenvalue weighted by Gasteiger charge is -2.24. The van der Waals surface area contributed by atoms with Gasteiger partial charge in [-0.15, -0.1) is 0 Å². The fourth-order valence-corrected chi connectivity index (χ4v) is 5.16. The summed E-state index contributed by atoms with van der Waals surface area (Å²) in [7, 11) is -0.928. The first-order valence-corrected chi connectivity index (χ1v) is 8.81. The van der Waals surface area contributed by atoms with Gasteiger partial charge in [-0.3, -0.25) is 0 Å². The Morgan fingerprint density at radius 3 is 2.56 bits per heavy atom. The standard InChI is InChI=1S/C13H25NO3S/c1-14-13-4-2-3-11(13)7-10-18(15,16)12-5-8-17-9-6-12/h11-14H,2-10H2,1H3. The molecule has 1 aliphatic carbocycles. The third-order valence-corrected chi connectivity index (χ3v) is 6.77. The minimum atomic E-state index is -2.91. The summed E-state index contributed by atoms with van der Waals surface area (Å²) in [5.74, 6) is 0.908. The van der Waals surface area contributed by atoms with Gasteiger partial charge in [0.05, 0.1) is 11.0 Å². The molecular formula is C13H25NO3S. The molecule has 2 unspecified atom stereocenters. The molecule has 1 aliphatic heterocycles. The second-order valence-electron chi connectivity index (χ2n) is 5.55. The molecule has 0 aromatic carbocycles. The van der Waals surface area contributed by atoms with Crippen molar-refractivity contribution in [3.8, 4) is 0 Å². The molecule has 2 atom stereocenters. The topological polar surface area (TPSA) is 55.4 Å². The van der Waals surface area contributed by atoms with Crippen molar-refractivity contribution in [3.63, 3.8) is 0 Å². The molecule has 0 radical (unpaired) electrons. The van der Waals surface area contributed by atoms with Crippen LogP contribution in [0, 0.1) is 5.92 Å². The van der Waals surface area contributed by atoms with E-state index in [0.29, 0.717) is 43.8 Å². The first-order chi connectivity index (χ1) is 8.63. The highest BCUT2D eigenvalue weighted by Gasteiger charge is 2.31. The number of ether oxygens (including phenoxy) is 1. The fourth-order valence-electron chi connectivity index (χ4n) is 3.28. The number of sulfone groups is 1. The average molecular weight is 275 g/mol. The number of nitrogens with one attached hydrogen (secondary N) is 1. The van der Waals surface area contributed by atoms with E-state index in [2.05, 4.69) is 5.32 Å². The van der Waals surface area contributed by atoms with Crippen LogP contribution < -0.4 is 5.32 Å². The van der Waals surface area contributed by atoms with E-state index >= 15 is 0 Å². The van der Waals surface area contributed by atoms with E-state index in [1.807, 2.05) is 7.05 Å². The molecule has 5 heteroatoms. The van der Waals surface area contributed by atoms with Gasteiger partial charge in [0.1, 0.15) is 0 Å². The Labute approximate surface area is 110 Å². The maximum atomic E-state index is 12.3. The van der Waals surface area contributed by atoms with Gasteiger partial charge >= 0.3 is 0 Å². The van der Waals surface area contributed by atoms with Crippen molar-refractivity contribution < 1.29 is 13.2 Å². The molecule has 4 nitrogen and oxygen atoms in total. The highest BCUT2D eigenvalue weighted by atomic mass is 32.2. The van der Waals surface area contributed by atoms with Crippen molar-refractivity contribution in [1.82, 2.24) is 5.32 Å². The van der Waals surface area contributed by atoms with Gasteiger partial charge in [0.25, 0.3) is 0 Å². The van der Waals surface area contributed by atoms with E-state index in [1.54, 1.807) is 0 Å². The minimum absolute atomic E-state index is 0.152. The summed E-state index contributed by atoms with van der Waals surface area (Å²) in [6.07, 6.45) is 5.79. The van der Waals surface area contributed by atoms with Crippen LogP contribution in [0.2, 0.25) is 0 Å². The van der Waals surface area contributed by atoms with Crippen LogP contribution in [-0.4, -0.2) is 45.7 Å². The van der Waals surface area contributed by atoms with E-state index in [0.717, 1.165) is 6.42 Å². The summed E-state index contributed by atoms with van der Waals surface area (Å²) in [6, 6.07) is 0.523. The summed E-state index contributed by atoms with van der Waals surface area (Å²) >= 11 is 0. The lowest BCUT2D eigenvalue weighted by atomic mass is 10.0. The largest absolute Gasteiger partial charge is 0.381 e. The molecule has 0 bridgehead atoms. The molecule has 106 valence electrons. The van der Waals surface area contributed by atoms with Crippen molar-refractivity contribution in [2.45, 2.75) is 49.8 Å². The lowest BCUT2D eigenvalue weighted by molar-refractivity contribution is 0.0983. The third kappa shape index (κ3) is 3.45. The summed E-state index contributed by atoms with van der Waals surface area (Å²) in [6.45, 7) is 1.21. The Morgan fingerprint density at radius 1 is 1.17 bits per heavy atom. The Bertz CT molecular complexity index is 349. The van der Waals surface area contributed by atoms with Gasteiger partial charge in [0, 0.05) is 19.3 Å². The van der Waals surface area contributed by atoms with Crippen LogP contribution in [0.4, 0.5) is 0 Å². The average Bonchev–Trinajstić information content (AvgIpc) is 2.85. The van der Waals surface area contributed by atoms with Gasteiger partial charge in [-0.05, 0) is 45.1 Å². The Hall–Kier alpha value is -0.130. The van der Waals surface area contributed by atoms with Gasteiger partial charge < -0.3 is 10.1 Å². The van der Waals surface area contributed by atoms with Gasteiger partial charge in [0.15, 0.2) is 9.84 Å². The predicted molar refractivity (Wildman–Crippen MR) is 72.4 cm³/mol. The van der Waals surface area contributed by atoms with E-state index in [-0.39, 0.29) is 5.25 Å². The zero-order valence-electron chi connectivity index (χ0n) is 11.2. The first kappa shape index (κ1) is 14.3. The smallest absolute Gasteiger partial charge is 0.153 e. The molecule has 0 amide bonds. The lowest BCUT2D eigenvalue weighted by Crippen LogP contribution is -2.34. The molecule has 0 aromatic rings.